The first-order valence-electron chi connectivity index (χ1n) is 5.06. The third-order valence-electron chi connectivity index (χ3n) is 2.09. The molecule has 16 heavy (non-hydrogen) atoms. The van der Waals surface area contributed by atoms with Gasteiger partial charge in [-0.05, 0) is 0 Å². The highest BCUT2D eigenvalue weighted by molar-refractivity contribution is 4.95. The zero-order valence-electron chi connectivity index (χ0n) is 8.80. The van der Waals surface area contributed by atoms with Crippen LogP contribution in [0, 0.1) is 0 Å². The molecule has 2 aromatic rings. The molecule has 2 rings (SSSR count). The molecule has 0 spiro atoms. The topological polar surface area (TPSA) is 91.7 Å². The lowest BCUT2D eigenvalue weighted by molar-refractivity contribution is 0.268. The molecule has 7 heteroatoms. The smallest absolute Gasteiger partial charge is 0.0964 e. The number of nitrogens with one attached hydrogen (secondary N) is 2. The SMILES string of the molecule is OCCn1cc(CNCc2cnc[nH]2)nn1. The lowest BCUT2D eigenvalue weighted by Crippen LogP contribution is -2.13. The summed E-state index contributed by atoms with van der Waals surface area (Å²) in [7, 11) is 0. The summed E-state index contributed by atoms with van der Waals surface area (Å²) < 4.78 is 1.62. The summed E-state index contributed by atoms with van der Waals surface area (Å²) in [5.74, 6) is 0. The molecule has 0 saturated carbocycles. The number of hydrogen-bond acceptors (Lipinski definition) is 5. The molecule has 0 aliphatic heterocycles. The van der Waals surface area contributed by atoms with Gasteiger partial charge in [-0.2, -0.15) is 0 Å². The van der Waals surface area contributed by atoms with Crippen LogP contribution in [0.4, 0.5) is 0 Å². The van der Waals surface area contributed by atoms with E-state index >= 15 is 0 Å². The van der Waals surface area contributed by atoms with E-state index in [1.807, 2.05) is 6.20 Å². The number of aliphatic hydroxyl groups is 1. The minimum Gasteiger partial charge on any atom is -0.394 e. The summed E-state index contributed by atoms with van der Waals surface area (Å²) in [6.07, 6.45) is 5.24. The number of rotatable bonds is 6. The zero-order valence-corrected chi connectivity index (χ0v) is 8.80. The molecule has 2 aromatic heterocycles. The molecule has 0 aliphatic rings. The minimum absolute atomic E-state index is 0.0738. The zero-order chi connectivity index (χ0) is 11.2. The van der Waals surface area contributed by atoms with Gasteiger partial charge < -0.3 is 15.4 Å². The van der Waals surface area contributed by atoms with E-state index in [1.165, 1.54) is 0 Å². The van der Waals surface area contributed by atoms with Crippen LogP contribution < -0.4 is 5.32 Å². The molecular formula is C9H14N6O. The van der Waals surface area contributed by atoms with Crippen molar-refractivity contribution in [1.82, 2.24) is 30.3 Å². The van der Waals surface area contributed by atoms with Crippen LogP contribution in [0.5, 0.6) is 0 Å². The van der Waals surface area contributed by atoms with Gasteiger partial charge in [0.05, 0.1) is 25.2 Å². The van der Waals surface area contributed by atoms with Crippen molar-refractivity contribution in [2.75, 3.05) is 6.61 Å². The van der Waals surface area contributed by atoms with Crippen molar-refractivity contribution in [3.8, 4) is 0 Å². The average molecular weight is 222 g/mol. The van der Waals surface area contributed by atoms with Gasteiger partial charge >= 0.3 is 0 Å². The van der Waals surface area contributed by atoms with Gasteiger partial charge in [0.15, 0.2) is 0 Å². The lowest BCUT2D eigenvalue weighted by atomic mass is 10.4. The number of aliphatic hydroxyl groups excluding tert-OH is 1. The van der Waals surface area contributed by atoms with Gasteiger partial charge in [-0.3, -0.25) is 0 Å². The van der Waals surface area contributed by atoms with Gasteiger partial charge in [0.25, 0.3) is 0 Å². The molecule has 0 atom stereocenters. The molecule has 0 saturated heterocycles. The molecular weight excluding hydrogens is 208 g/mol. The first-order chi connectivity index (χ1) is 7.88. The highest BCUT2D eigenvalue weighted by Gasteiger charge is 2.00. The number of H-pyrrole nitrogens is 1. The van der Waals surface area contributed by atoms with E-state index in [9.17, 15) is 0 Å². The molecule has 3 N–H and O–H groups in total. The lowest BCUT2D eigenvalue weighted by Gasteiger charge is -1.98. The minimum atomic E-state index is 0.0738. The summed E-state index contributed by atoms with van der Waals surface area (Å²) in [6, 6.07) is 0. The highest BCUT2D eigenvalue weighted by Crippen LogP contribution is 1.94. The largest absolute Gasteiger partial charge is 0.394 e. The van der Waals surface area contributed by atoms with Crippen molar-refractivity contribution in [2.24, 2.45) is 0 Å². The summed E-state index contributed by atoms with van der Waals surface area (Å²) in [5, 5.41) is 19.8. The second kappa shape index (κ2) is 5.38. The Labute approximate surface area is 92.5 Å². The number of hydrogen-bond donors (Lipinski definition) is 3. The van der Waals surface area contributed by atoms with Gasteiger partial charge in [-0.15, -0.1) is 5.10 Å². The highest BCUT2D eigenvalue weighted by atomic mass is 16.3. The molecule has 0 unspecified atom stereocenters. The van der Waals surface area contributed by atoms with E-state index in [1.54, 1.807) is 17.2 Å². The van der Waals surface area contributed by atoms with Crippen LogP contribution in [-0.2, 0) is 19.6 Å². The molecule has 7 nitrogen and oxygen atoms in total. The Balaban J connectivity index is 1.76. The van der Waals surface area contributed by atoms with Crippen LogP contribution in [0.2, 0.25) is 0 Å². The molecule has 0 aromatic carbocycles. The van der Waals surface area contributed by atoms with Crippen molar-refractivity contribution >= 4 is 0 Å². The van der Waals surface area contributed by atoms with E-state index < -0.39 is 0 Å². The fraction of sp³-hybridized carbons (Fsp3) is 0.444. The molecule has 86 valence electrons. The summed E-state index contributed by atoms with van der Waals surface area (Å²) >= 11 is 0. The predicted octanol–water partition coefficient (Wildman–Crippen LogP) is -0.717. The fourth-order valence-corrected chi connectivity index (χ4v) is 1.34. The predicted molar refractivity (Wildman–Crippen MR) is 56.2 cm³/mol. The van der Waals surface area contributed by atoms with Gasteiger partial charge in [0.2, 0.25) is 0 Å². The van der Waals surface area contributed by atoms with Crippen LogP contribution >= 0.6 is 0 Å². The third-order valence-corrected chi connectivity index (χ3v) is 2.09. The molecule has 0 fully saturated rings. The van der Waals surface area contributed by atoms with E-state index in [2.05, 4.69) is 25.6 Å². The summed E-state index contributed by atoms with van der Waals surface area (Å²) in [5.41, 5.74) is 1.88. The first kappa shape index (κ1) is 10.8. The Bertz CT molecular complexity index is 409. The average Bonchev–Trinajstić information content (AvgIpc) is 2.90. The Morgan fingerprint density at radius 2 is 2.38 bits per heavy atom. The molecule has 2 heterocycles. The number of aromatic nitrogens is 5. The fourth-order valence-electron chi connectivity index (χ4n) is 1.34. The Hall–Kier alpha value is -1.73. The molecule has 0 amide bonds. The second-order valence-electron chi connectivity index (χ2n) is 3.38. The van der Waals surface area contributed by atoms with Crippen molar-refractivity contribution in [1.29, 1.82) is 0 Å². The van der Waals surface area contributed by atoms with Crippen LogP contribution in [0.1, 0.15) is 11.4 Å². The third kappa shape index (κ3) is 2.88. The monoisotopic (exact) mass is 222 g/mol. The van der Waals surface area contributed by atoms with Gasteiger partial charge in [0, 0.05) is 31.2 Å². The summed E-state index contributed by atoms with van der Waals surface area (Å²) in [6.45, 7) is 1.91. The van der Waals surface area contributed by atoms with E-state index in [0.717, 1.165) is 11.4 Å². The standard InChI is InChI=1S/C9H14N6O/c16-2-1-15-6-9(13-14-15)5-10-3-8-4-11-7-12-8/h4,6-7,10,16H,1-3,5H2,(H,11,12). The van der Waals surface area contributed by atoms with Crippen LogP contribution in [0.25, 0.3) is 0 Å². The van der Waals surface area contributed by atoms with Crippen molar-refractivity contribution < 1.29 is 5.11 Å². The maximum absolute atomic E-state index is 8.71. The van der Waals surface area contributed by atoms with Crippen LogP contribution in [0.15, 0.2) is 18.7 Å². The number of imidazole rings is 1. The number of nitrogens with zero attached hydrogens (tertiary/aromatic N) is 4. The van der Waals surface area contributed by atoms with Crippen LogP contribution in [-0.4, -0.2) is 36.7 Å². The Morgan fingerprint density at radius 3 is 3.12 bits per heavy atom. The van der Waals surface area contributed by atoms with Crippen molar-refractivity contribution in [3.05, 3.63) is 30.1 Å². The maximum atomic E-state index is 8.71. The van der Waals surface area contributed by atoms with Crippen molar-refractivity contribution in [2.45, 2.75) is 19.6 Å². The Morgan fingerprint density at radius 1 is 1.44 bits per heavy atom. The summed E-state index contributed by atoms with van der Waals surface area (Å²) in [4.78, 5) is 6.92. The molecule has 0 bridgehead atoms. The van der Waals surface area contributed by atoms with Gasteiger partial charge in [-0.25, -0.2) is 9.67 Å². The van der Waals surface area contributed by atoms with Gasteiger partial charge in [-0.1, -0.05) is 5.21 Å². The van der Waals surface area contributed by atoms with E-state index in [-0.39, 0.29) is 6.61 Å². The van der Waals surface area contributed by atoms with Crippen molar-refractivity contribution in [3.63, 3.8) is 0 Å². The van der Waals surface area contributed by atoms with E-state index in [0.29, 0.717) is 19.6 Å². The van der Waals surface area contributed by atoms with E-state index in [4.69, 9.17) is 5.11 Å². The maximum Gasteiger partial charge on any atom is 0.0964 e. The molecule has 0 radical (unpaired) electrons. The number of aromatic amines is 1. The van der Waals surface area contributed by atoms with Gasteiger partial charge in [0.1, 0.15) is 0 Å². The normalized spacial score (nSPS) is 10.8. The first-order valence-corrected chi connectivity index (χ1v) is 5.06. The second-order valence-corrected chi connectivity index (χ2v) is 3.38. The quantitative estimate of drug-likeness (QED) is 0.600. The Kier molecular flexibility index (Phi) is 3.62. The van der Waals surface area contributed by atoms with Crippen LogP contribution in [0.3, 0.4) is 0 Å². The molecule has 0 aliphatic carbocycles.